The van der Waals surface area contributed by atoms with Gasteiger partial charge >= 0.3 is 0 Å². The molecular formula is C22H19Cl2F2N3O. The molecule has 3 aromatic rings. The SMILES string of the molecule is C[C@@H](Oc1cc(-c2cc(F)c3c(c2)CCNC3)cnc1N)c1c(Cl)ccc(F)c1Cl. The highest BCUT2D eigenvalue weighted by Crippen LogP contribution is 2.37. The smallest absolute Gasteiger partial charge is 0.166 e. The summed E-state index contributed by atoms with van der Waals surface area (Å²) in [6.45, 7) is 3.00. The van der Waals surface area contributed by atoms with E-state index in [1.54, 1.807) is 19.2 Å². The Bertz CT molecular complexity index is 1120. The molecule has 156 valence electrons. The minimum Gasteiger partial charge on any atom is -0.482 e. The summed E-state index contributed by atoms with van der Waals surface area (Å²) in [6.07, 6.45) is 1.63. The predicted molar refractivity (Wildman–Crippen MR) is 115 cm³/mol. The van der Waals surface area contributed by atoms with E-state index < -0.39 is 11.9 Å². The van der Waals surface area contributed by atoms with Crippen LogP contribution in [0.3, 0.4) is 0 Å². The van der Waals surface area contributed by atoms with Crippen LogP contribution in [-0.4, -0.2) is 11.5 Å². The van der Waals surface area contributed by atoms with Gasteiger partial charge in [-0.25, -0.2) is 13.8 Å². The van der Waals surface area contributed by atoms with Gasteiger partial charge in [0.05, 0.1) is 5.02 Å². The minimum atomic E-state index is -0.689. The third-order valence-corrected chi connectivity index (χ3v) is 5.88. The van der Waals surface area contributed by atoms with Crippen LogP contribution >= 0.6 is 23.2 Å². The van der Waals surface area contributed by atoms with E-state index in [9.17, 15) is 8.78 Å². The normalized spacial score (nSPS) is 14.3. The van der Waals surface area contributed by atoms with E-state index in [2.05, 4.69) is 10.3 Å². The zero-order chi connectivity index (χ0) is 21.4. The molecule has 1 aromatic heterocycles. The highest BCUT2D eigenvalue weighted by molar-refractivity contribution is 6.36. The zero-order valence-electron chi connectivity index (χ0n) is 16.1. The summed E-state index contributed by atoms with van der Waals surface area (Å²) < 4.78 is 34.4. The number of pyridine rings is 1. The molecule has 4 nitrogen and oxygen atoms in total. The third kappa shape index (κ3) is 3.95. The largest absolute Gasteiger partial charge is 0.482 e. The number of nitrogens with zero attached hydrogens (tertiary/aromatic N) is 1. The number of halogens is 4. The second-order valence-electron chi connectivity index (χ2n) is 7.15. The van der Waals surface area contributed by atoms with Crippen molar-refractivity contribution < 1.29 is 13.5 Å². The van der Waals surface area contributed by atoms with E-state index in [4.69, 9.17) is 33.7 Å². The molecule has 8 heteroatoms. The molecule has 1 atom stereocenters. The molecule has 0 radical (unpaired) electrons. The maximum Gasteiger partial charge on any atom is 0.166 e. The zero-order valence-corrected chi connectivity index (χ0v) is 17.6. The van der Waals surface area contributed by atoms with Crippen LogP contribution in [-0.2, 0) is 13.0 Å². The average Bonchev–Trinajstić information content (AvgIpc) is 2.72. The molecule has 0 spiro atoms. The lowest BCUT2D eigenvalue weighted by atomic mass is 9.95. The predicted octanol–water partition coefficient (Wildman–Crippen LogP) is 5.70. The second kappa shape index (κ2) is 8.38. The Kier molecular flexibility index (Phi) is 5.82. The molecule has 2 aromatic carbocycles. The summed E-state index contributed by atoms with van der Waals surface area (Å²) in [6, 6.07) is 7.73. The maximum absolute atomic E-state index is 14.6. The molecule has 0 bridgehead atoms. The Morgan fingerprint density at radius 2 is 1.93 bits per heavy atom. The third-order valence-electron chi connectivity index (χ3n) is 5.17. The van der Waals surface area contributed by atoms with E-state index in [1.165, 1.54) is 18.2 Å². The van der Waals surface area contributed by atoms with Crippen molar-refractivity contribution in [2.75, 3.05) is 12.3 Å². The Morgan fingerprint density at radius 1 is 1.13 bits per heavy atom. The lowest BCUT2D eigenvalue weighted by Gasteiger charge is -2.20. The van der Waals surface area contributed by atoms with Crippen molar-refractivity contribution in [2.45, 2.75) is 26.0 Å². The number of nitrogen functional groups attached to an aromatic ring is 1. The van der Waals surface area contributed by atoms with Crippen molar-refractivity contribution >= 4 is 29.0 Å². The van der Waals surface area contributed by atoms with Gasteiger partial charge in [-0.05, 0) is 55.3 Å². The lowest BCUT2D eigenvalue weighted by molar-refractivity contribution is 0.227. The monoisotopic (exact) mass is 449 g/mol. The van der Waals surface area contributed by atoms with Gasteiger partial charge in [-0.15, -0.1) is 0 Å². The highest BCUT2D eigenvalue weighted by atomic mass is 35.5. The van der Waals surface area contributed by atoms with E-state index in [-0.39, 0.29) is 27.4 Å². The Balaban J connectivity index is 1.68. The van der Waals surface area contributed by atoms with Crippen molar-refractivity contribution in [1.82, 2.24) is 10.3 Å². The standard InChI is InChI=1S/C22H19Cl2F2N3O/c1-11(20-16(23)2-3-17(25)21(20)24)30-19-8-14(9-29-22(19)27)13-6-12-4-5-28-10-15(12)18(26)7-13/h2-3,6-9,11,28H,4-5,10H2,1H3,(H2,27,29)/t11-/m1/s1. The quantitative estimate of drug-likeness (QED) is 0.501. The molecule has 0 fully saturated rings. The summed E-state index contributed by atoms with van der Waals surface area (Å²) in [5.74, 6) is -0.431. The Morgan fingerprint density at radius 3 is 2.73 bits per heavy atom. The summed E-state index contributed by atoms with van der Waals surface area (Å²) in [5, 5.41) is 3.34. The van der Waals surface area contributed by atoms with Crippen molar-refractivity contribution in [3.63, 3.8) is 0 Å². The first kappa shape index (κ1) is 20.8. The van der Waals surface area contributed by atoms with Gasteiger partial charge in [0.2, 0.25) is 0 Å². The number of benzene rings is 2. The summed E-state index contributed by atoms with van der Waals surface area (Å²) in [7, 11) is 0. The van der Waals surface area contributed by atoms with Crippen LogP contribution in [0, 0.1) is 11.6 Å². The van der Waals surface area contributed by atoms with E-state index in [0.29, 0.717) is 28.8 Å². The van der Waals surface area contributed by atoms with Gasteiger partial charge in [0.1, 0.15) is 17.7 Å². The van der Waals surface area contributed by atoms with Gasteiger partial charge in [-0.3, -0.25) is 0 Å². The molecule has 1 aliphatic rings. The minimum absolute atomic E-state index is 0.108. The average molecular weight is 450 g/mol. The molecular weight excluding hydrogens is 431 g/mol. The van der Waals surface area contributed by atoms with Crippen LogP contribution in [0.15, 0.2) is 36.5 Å². The van der Waals surface area contributed by atoms with Crippen LogP contribution in [0.4, 0.5) is 14.6 Å². The number of fused-ring (bicyclic) bond motifs is 1. The van der Waals surface area contributed by atoms with Crippen LogP contribution in [0.2, 0.25) is 10.0 Å². The molecule has 3 N–H and O–H groups in total. The summed E-state index contributed by atoms with van der Waals surface area (Å²) in [4.78, 5) is 4.18. The van der Waals surface area contributed by atoms with Gasteiger partial charge in [-0.1, -0.05) is 29.3 Å². The first-order valence-corrected chi connectivity index (χ1v) is 10.2. The number of aromatic nitrogens is 1. The Hall–Kier alpha value is -2.41. The number of anilines is 1. The summed E-state index contributed by atoms with van der Waals surface area (Å²) >= 11 is 12.3. The first-order valence-electron chi connectivity index (χ1n) is 9.43. The molecule has 0 saturated heterocycles. The number of nitrogens with two attached hydrogens (primary N) is 1. The molecule has 0 unspecified atom stereocenters. The first-order chi connectivity index (χ1) is 14.3. The van der Waals surface area contributed by atoms with E-state index >= 15 is 0 Å². The van der Waals surface area contributed by atoms with Gasteiger partial charge in [-0.2, -0.15) is 0 Å². The second-order valence-corrected chi connectivity index (χ2v) is 7.93. The molecule has 4 rings (SSSR count). The van der Waals surface area contributed by atoms with E-state index in [1.807, 2.05) is 6.07 Å². The fraction of sp³-hybridized carbons (Fsp3) is 0.227. The molecule has 2 heterocycles. The van der Waals surface area contributed by atoms with E-state index in [0.717, 1.165) is 18.5 Å². The Labute approximate surface area is 183 Å². The van der Waals surface area contributed by atoms with Gasteiger partial charge < -0.3 is 15.8 Å². The fourth-order valence-electron chi connectivity index (χ4n) is 3.59. The van der Waals surface area contributed by atoms with Gasteiger partial charge in [0.15, 0.2) is 11.6 Å². The number of hydrogen-bond acceptors (Lipinski definition) is 4. The van der Waals surface area contributed by atoms with Crippen LogP contribution in [0.1, 0.15) is 29.7 Å². The van der Waals surface area contributed by atoms with Crippen LogP contribution in [0.25, 0.3) is 11.1 Å². The van der Waals surface area contributed by atoms with Gasteiger partial charge in [0, 0.05) is 34.5 Å². The fourth-order valence-corrected chi connectivity index (χ4v) is 4.27. The molecule has 1 aliphatic heterocycles. The molecule has 30 heavy (non-hydrogen) atoms. The molecule has 0 amide bonds. The number of hydrogen-bond donors (Lipinski definition) is 2. The highest BCUT2D eigenvalue weighted by Gasteiger charge is 2.21. The molecule has 0 saturated carbocycles. The molecule has 0 aliphatic carbocycles. The lowest BCUT2D eigenvalue weighted by Crippen LogP contribution is -2.24. The van der Waals surface area contributed by atoms with Crippen molar-refractivity contribution in [3.05, 3.63) is 74.9 Å². The van der Waals surface area contributed by atoms with Crippen molar-refractivity contribution in [2.24, 2.45) is 0 Å². The van der Waals surface area contributed by atoms with Gasteiger partial charge in [0.25, 0.3) is 0 Å². The topological polar surface area (TPSA) is 60.2 Å². The van der Waals surface area contributed by atoms with Crippen molar-refractivity contribution in [3.8, 4) is 16.9 Å². The summed E-state index contributed by atoms with van der Waals surface area (Å²) in [5.41, 5.74) is 9.29. The number of rotatable bonds is 4. The van der Waals surface area contributed by atoms with Crippen molar-refractivity contribution in [1.29, 1.82) is 0 Å². The van der Waals surface area contributed by atoms with Crippen LogP contribution < -0.4 is 15.8 Å². The number of ether oxygens (including phenoxy) is 1. The number of nitrogens with one attached hydrogen (secondary N) is 1. The van der Waals surface area contributed by atoms with Crippen LogP contribution in [0.5, 0.6) is 5.75 Å². The maximum atomic E-state index is 14.6.